The number of aryl methyl sites for hydroxylation is 1. The Hall–Kier alpha value is -1.05. The lowest BCUT2D eigenvalue weighted by atomic mass is 9.91. The molecule has 0 unspecified atom stereocenters. The van der Waals surface area contributed by atoms with Crippen LogP contribution in [0.25, 0.3) is 10.8 Å². The molecule has 0 bridgehead atoms. The van der Waals surface area contributed by atoms with Crippen molar-refractivity contribution >= 4 is 47.6 Å². The van der Waals surface area contributed by atoms with Crippen LogP contribution in [0, 0.1) is 0 Å². The first-order chi connectivity index (χ1) is 20.5. The minimum atomic E-state index is -4.42. The maximum atomic E-state index is 14.3. The summed E-state index contributed by atoms with van der Waals surface area (Å²) in [5.74, 6) is 0. The maximum Gasteiger partial charge on any atom is 0.289 e. The van der Waals surface area contributed by atoms with Gasteiger partial charge in [-0.1, -0.05) is 115 Å². The van der Waals surface area contributed by atoms with Gasteiger partial charge in [0.1, 0.15) is 9.79 Å². The third-order valence-corrected chi connectivity index (χ3v) is 15.4. The number of hydrogen-bond donors (Lipinski definition) is 0. The van der Waals surface area contributed by atoms with Crippen molar-refractivity contribution in [2.45, 2.75) is 166 Å². The van der Waals surface area contributed by atoms with Gasteiger partial charge in [0.25, 0.3) is 20.2 Å². The molecule has 0 fully saturated rings. The molecule has 0 amide bonds. The van der Waals surface area contributed by atoms with Gasteiger partial charge in [0.15, 0.2) is 0 Å². The summed E-state index contributed by atoms with van der Waals surface area (Å²) in [6, 6.07) is 7.37. The molecule has 2 rings (SSSR count). The van der Waals surface area contributed by atoms with Gasteiger partial charge in [0.2, 0.25) is 16.6 Å². The highest BCUT2D eigenvalue weighted by Gasteiger charge is 2.39. The molecule has 2 aromatic carbocycles. The fourth-order valence-electron chi connectivity index (χ4n) is 5.83. The Balaban J connectivity index is 2.78. The van der Waals surface area contributed by atoms with Crippen LogP contribution in [0.4, 0.5) is 0 Å². The molecule has 44 heavy (non-hydrogen) atoms. The zero-order valence-electron chi connectivity index (χ0n) is 28.9. The van der Waals surface area contributed by atoms with E-state index in [0.717, 1.165) is 55.9 Å². The molecule has 0 saturated carbocycles. The highest BCUT2D eigenvalue weighted by molar-refractivity contribution is 7.91. The van der Waals surface area contributed by atoms with Crippen LogP contribution >= 0.6 is 0 Å². The first kappa shape index (κ1) is 39.1. The topological polar surface area (TPSA) is 86.7 Å². The molecule has 0 heterocycles. The monoisotopic (exact) mass is 684 g/mol. The van der Waals surface area contributed by atoms with Crippen molar-refractivity contribution in [3.63, 3.8) is 0 Å². The van der Waals surface area contributed by atoms with Gasteiger partial charge in [0.05, 0.1) is 0 Å². The van der Waals surface area contributed by atoms with E-state index in [1.54, 1.807) is 31.8 Å². The summed E-state index contributed by atoms with van der Waals surface area (Å²) in [6.07, 6.45) is 16.8. The molecule has 0 aliphatic rings. The van der Waals surface area contributed by atoms with E-state index in [0.29, 0.717) is 23.8 Å². The molecule has 10 heteroatoms. The summed E-state index contributed by atoms with van der Waals surface area (Å²) in [4.78, 5) is -0.421. The molecule has 0 spiro atoms. The number of rotatable bonds is 22. The smallest absolute Gasteiger partial charge is 0.289 e. The molecule has 0 saturated heterocycles. The van der Waals surface area contributed by atoms with E-state index in [9.17, 15) is 16.8 Å². The number of fused-ring (bicyclic) bond motifs is 1. The molecular formula is C34H60O6S2Si2. The second-order valence-corrected chi connectivity index (χ2v) is 26.6. The minimum absolute atomic E-state index is 0.180. The zero-order valence-corrected chi connectivity index (χ0v) is 32.5. The predicted octanol–water partition coefficient (Wildman–Crippen LogP) is 10.5. The Bertz CT molecular complexity index is 1390. The quantitative estimate of drug-likeness (QED) is 0.0906. The van der Waals surface area contributed by atoms with Crippen LogP contribution in [0.3, 0.4) is 0 Å². The van der Waals surface area contributed by atoms with Gasteiger partial charge in [-0.2, -0.15) is 16.8 Å². The summed E-state index contributed by atoms with van der Waals surface area (Å²) in [6.45, 7) is 15.3. The first-order valence-electron chi connectivity index (χ1n) is 17.0. The normalized spacial score (nSPS) is 13.2. The van der Waals surface area contributed by atoms with E-state index in [4.69, 9.17) is 7.74 Å². The molecule has 0 aliphatic heterocycles. The van der Waals surface area contributed by atoms with Crippen molar-refractivity contribution < 1.29 is 24.6 Å². The van der Waals surface area contributed by atoms with Crippen molar-refractivity contribution in [1.29, 1.82) is 0 Å². The first-order valence-corrected chi connectivity index (χ1v) is 26.6. The third-order valence-electron chi connectivity index (χ3n) is 7.62. The maximum absolute atomic E-state index is 14.3. The zero-order chi connectivity index (χ0) is 33.0. The second kappa shape index (κ2) is 17.8. The average Bonchev–Trinajstić information content (AvgIpc) is 2.89. The minimum Gasteiger partial charge on any atom is -0.312 e. The lowest BCUT2D eigenvalue weighted by Crippen LogP contribution is -2.33. The van der Waals surface area contributed by atoms with Crippen molar-refractivity contribution in [3.8, 4) is 0 Å². The Kier molecular flexibility index (Phi) is 15.8. The average molecular weight is 685 g/mol. The molecule has 0 aliphatic carbocycles. The van der Waals surface area contributed by atoms with Crippen molar-refractivity contribution in [2.75, 3.05) is 0 Å². The van der Waals surface area contributed by atoms with Crippen molar-refractivity contribution in [3.05, 3.63) is 35.4 Å². The van der Waals surface area contributed by atoms with E-state index in [1.165, 1.54) is 44.9 Å². The van der Waals surface area contributed by atoms with E-state index in [2.05, 4.69) is 13.8 Å². The Morgan fingerprint density at radius 1 is 0.500 bits per heavy atom. The van der Waals surface area contributed by atoms with E-state index >= 15 is 0 Å². The third kappa shape index (κ3) is 12.6. The lowest BCUT2D eigenvalue weighted by molar-refractivity contribution is 0.468. The van der Waals surface area contributed by atoms with Crippen molar-refractivity contribution in [1.82, 2.24) is 0 Å². The van der Waals surface area contributed by atoms with Crippen LogP contribution < -0.4 is 0 Å². The summed E-state index contributed by atoms with van der Waals surface area (Å²) < 4.78 is 68.5. The molecule has 6 nitrogen and oxygen atoms in total. The van der Waals surface area contributed by atoms with Crippen LogP contribution in [-0.4, -0.2) is 33.5 Å². The Morgan fingerprint density at radius 3 is 1.30 bits per heavy atom. The van der Waals surface area contributed by atoms with Crippen molar-refractivity contribution in [2.24, 2.45) is 0 Å². The Labute approximate surface area is 272 Å². The molecule has 0 radical (unpaired) electrons. The van der Waals surface area contributed by atoms with Gasteiger partial charge in [0, 0.05) is 5.39 Å². The largest absolute Gasteiger partial charge is 0.312 e. The van der Waals surface area contributed by atoms with Crippen LogP contribution in [0.1, 0.15) is 115 Å². The summed E-state index contributed by atoms with van der Waals surface area (Å²) >= 11 is 0. The lowest BCUT2D eigenvalue weighted by Gasteiger charge is -2.26. The highest BCUT2D eigenvalue weighted by Crippen LogP contribution is 2.41. The number of benzene rings is 2. The molecule has 252 valence electrons. The summed E-state index contributed by atoms with van der Waals surface area (Å²) in [5, 5.41) is 1.21. The molecule has 0 aromatic heterocycles. The molecule has 0 N–H and O–H groups in total. The highest BCUT2D eigenvalue weighted by atomic mass is 32.2. The van der Waals surface area contributed by atoms with Crippen LogP contribution in [0.5, 0.6) is 0 Å². The van der Waals surface area contributed by atoms with E-state index in [1.807, 2.05) is 31.8 Å². The predicted molar refractivity (Wildman–Crippen MR) is 191 cm³/mol. The van der Waals surface area contributed by atoms with Gasteiger partial charge in [-0.3, -0.25) is 0 Å². The SMILES string of the molecule is CCCCCCCCCc1c(S(=O)(=O)O[Si](C)(C)C)c(S(=O)(=O)O[Si](C)(C)C)c2ccccc2c1CCCCCCCCC. The number of hydrogen-bond acceptors (Lipinski definition) is 6. The van der Waals surface area contributed by atoms with Crippen LogP contribution in [0.15, 0.2) is 34.1 Å². The Morgan fingerprint density at radius 2 is 0.864 bits per heavy atom. The van der Waals surface area contributed by atoms with Gasteiger partial charge >= 0.3 is 0 Å². The summed E-state index contributed by atoms with van der Waals surface area (Å²) in [5.41, 5.74) is 1.56. The van der Waals surface area contributed by atoms with E-state index < -0.39 is 36.9 Å². The molecule has 0 atom stereocenters. The second-order valence-electron chi connectivity index (χ2n) is 14.2. The fraction of sp³-hybridized carbons (Fsp3) is 0.706. The van der Waals surface area contributed by atoms with Crippen LogP contribution in [-0.2, 0) is 40.8 Å². The van der Waals surface area contributed by atoms with E-state index in [-0.39, 0.29) is 9.79 Å². The van der Waals surface area contributed by atoms with Gasteiger partial charge in [-0.25, -0.2) is 0 Å². The fourth-order valence-corrected chi connectivity index (χ4v) is 14.0. The summed E-state index contributed by atoms with van der Waals surface area (Å²) in [7, 11) is -14.1. The molecule has 2 aromatic rings. The van der Waals surface area contributed by atoms with Gasteiger partial charge in [-0.15, -0.1) is 0 Å². The van der Waals surface area contributed by atoms with Gasteiger partial charge < -0.3 is 7.74 Å². The number of unbranched alkanes of at least 4 members (excludes halogenated alkanes) is 12. The molecular weight excluding hydrogens is 625 g/mol. The van der Waals surface area contributed by atoms with Gasteiger partial charge in [-0.05, 0) is 81.5 Å². The standard InChI is InChI=1S/C34H60O6S2Si2/c1-9-11-13-15-17-19-21-25-29-30-26-23-24-28-32(30)34(42(37,38)40-44(6,7)8)33(41(35,36)39-43(3,4)5)31(29)27-22-20-18-16-14-12-10-2/h23-24,26,28H,9-22,25,27H2,1-8H3. The van der Waals surface area contributed by atoms with Crippen LogP contribution in [0.2, 0.25) is 39.3 Å².